The molecule has 0 saturated carbocycles. The third-order valence-electron chi connectivity index (χ3n) is 1.15. The zero-order valence-electron chi connectivity index (χ0n) is 8.84. The molecule has 6 N–H and O–H groups in total. The van der Waals surface area contributed by atoms with Gasteiger partial charge in [-0.15, -0.1) is 0 Å². The van der Waals surface area contributed by atoms with Gasteiger partial charge in [-0.1, -0.05) is 0 Å². The summed E-state index contributed by atoms with van der Waals surface area (Å²) >= 11 is 0. The molecule has 0 fully saturated rings. The molecule has 0 heterocycles. The van der Waals surface area contributed by atoms with Crippen LogP contribution in [0.15, 0.2) is 0 Å². The zero-order valence-corrected chi connectivity index (χ0v) is 8.84. The molecule has 0 unspecified atom stereocenters. The molecule has 10 heteroatoms. The van der Waals surface area contributed by atoms with Crippen LogP contribution in [-0.2, 0) is 18.6 Å². The molecule has 14 heavy (non-hydrogen) atoms. The smallest absolute Gasteiger partial charge is 0.521 e. The average Bonchev–Trinajstić information content (AvgIpc) is 2.09. The SMILES string of the molecule is CO[B-](OC)(OC)OC.N.OB(O)O. The highest BCUT2D eigenvalue weighted by atomic mass is 16.9. The molecule has 0 aromatic carbocycles. The van der Waals surface area contributed by atoms with Crippen LogP contribution in [0, 0.1) is 0 Å². The minimum Gasteiger partial charge on any atom is -0.521 e. The number of hydrogen-bond donors (Lipinski definition) is 4. The van der Waals surface area contributed by atoms with Gasteiger partial charge in [-0.2, -0.15) is 0 Å². The van der Waals surface area contributed by atoms with Crippen molar-refractivity contribution in [2.24, 2.45) is 0 Å². The van der Waals surface area contributed by atoms with E-state index in [1.807, 2.05) is 0 Å². The van der Waals surface area contributed by atoms with Crippen LogP contribution < -0.4 is 6.15 Å². The molecule has 0 aromatic rings. The summed E-state index contributed by atoms with van der Waals surface area (Å²) in [6.07, 6.45) is 0. The van der Waals surface area contributed by atoms with E-state index < -0.39 is 14.3 Å². The Labute approximate surface area is 83.5 Å². The lowest BCUT2D eigenvalue weighted by Gasteiger charge is -2.34. The first-order chi connectivity index (χ1) is 5.97. The van der Waals surface area contributed by atoms with Crippen molar-refractivity contribution in [3.63, 3.8) is 0 Å². The van der Waals surface area contributed by atoms with Crippen molar-refractivity contribution in [3.05, 3.63) is 0 Å². The van der Waals surface area contributed by atoms with E-state index in [4.69, 9.17) is 33.7 Å². The van der Waals surface area contributed by atoms with Gasteiger partial charge in [0.25, 0.3) is 0 Å². The Balaban J connectivity index is -0.000000209. The lowest BCUT2D eigenvalue weighted by molar-refractivity contribution is 0.0226. The van der Waals surface area contributed by atoms with Crippen molar-refractivity contribution >= 4 is 14.3 Å². The van der Waals surface area contributed by atoms with Crippen LogP contribution in [0.4, 0.5) is 0 Å². The monoisotopic (exact) mass is 214 g/mol. The van der Waals surface area contributed by atoms with E-state index in [-0.39, 0.29) is 6.15 Å². The Morgan fingerprint density at radius 1 is 0.786 bits per heavy atom. The topological polar surface area (TPSA) is 133 Å². The maximum absolute atomic E-state index is 7.17. The van der Waals surface area contributed by atoms with E-state index in [9.17, 15) is 0 Å². The normalized spacial score (nSPS) is 9.64. The fourth-order valence-corrected chi connectivity index (χ4v) is 0.577. The molecule has 0 amide bonds. The summed E-state index contributed by atoms with van der Waals surface area (Å²) < 4.78 is 19.1. The van der Waals surface area contributed by atoms with Gasteiger partial charge in [-0.25, -0.2) is 0 Å². The second kappa shape index (κ2) is 10.9. The molecule has 0 spiro atoms. The second-order valence-corrected chi connectivity index (χ2v) is 1.87. The predicted molar refractivity (Wildman–Crippen MR) is 51.2 cm³/mol. The highest BCUT2D eigenvalue weighted by Gasteiger charge is 2.25. The van der Waals surface area contributed by atoms with Gasteiger partial charge >= 0.3 is 14.3 Å². The van der Waals surface area contributed by atoms with Gasteiger partial charge < -0.3 is 39.8 Å². The molecule has 0 atom stereocenters. The molecule has 0 aromatic heterocycles. The Morgan fingerprint density at radius 3 is 0.929 bits per heavy atom. The van der Waals surface area contributed by atoms with Crippen LogP contribution in [0.25, 0.3) is 0 Å². The largest absolute Gasteiger partial charge is 0.631 e. The van der Waals surface area contributed by atoms with E-state index in [0.717, 1.165) is 0 Å². The Bertz CT molecular complexity index is 91.6. The van der Waals surface area contributed by atoms with Crippen LogP contribution in [0.3, 0.4) is 0 Å². The maximum Gasteiger partial charge on any atom is 0.631 e. The molecular weight excluding hydrogens is 196 g/mol. The summed E-state index contributed by atoms with van der Waals surface area (Å²) in [7, 11) is 3.65. The van der Waals surface area contributed by atoms with Crippen molar-refractivity contribution in [2.45, 2.75) is 0 Å². The molecule has 0 rings (SSSR count). The first-order valence-electron chi connectivity index (χ1n) is 3.35. The molecule has 0 bridgehead atoms. The Kier molecular flexibility index (Phi) is 15.1. The van der Waals surface area contributed by atoms with Crippen molar-refractivity contribution in [3.8, 4) is 0 Å². The number of rotatable bonds is 4. The average molecular weight is 214 g/mol. The predicted octanol–water partition coefficient (Wildman–Crippen LogP) is -1.88. The summed E-state index contributed by atoms with van der Waals surface area (Å²) in [5, 5.41) is 21.5. The van der Waals surface area contributed by atoms with Gasteiger partial charge in [0, 0.05) is 0 Å². The van der Waals surface area contributed by atoms with Gasteiger partial charge in [0.05, 0.1) is 0 Å². The lowest BCUT2D eigenvalue weighted by atomic mass is 10.1. The van der Waals surface area contributed by atoms with E-state index in [1.54, 1.807) is 0 Å². The van der Waals surface area contributed by atoms with Crippen molar-refractivity contribution in [1.29, 1.82) is 0 Å². The molecule has 0 aliphatic carbocycles. The third-order valence-corrected chi connectivity index (χ3v) is 1.15. The summed E-state index contributed by atoms with van der Waals surface area (Å²) in [6.45, 7) is -1.94. The highest BCUT2D eigenvalue weighted by Crippen LogP contribution is 2.04. The quantitative estimate of drug-likeness (QED) is 0.399. The first kappa shape index (κ1) is 19.4. The minimum atomic E-state index is -2.17. The van der Waals surface area contributed by atoms with Crippen LogP contribution in [0.5, 0.6) is 0 Å². The summed E-state index contributed by atoms with van der Waals surface area (Å²) in [5.41, 5.74) is 0. The fourth-order valence-electron chi connectivity index (χ4n) is 0.577. The molecule has 0 radical (unpaired) electrons. The van der Waals surface area contributed by atoms with Gasteiger partial charge in [0.1, 0.15) is 0 Å². The molecular formula is C4H18B2NO7-. The fraction of sp³-hybridized carbons (Fsp3) is 1.00. The molecule has 0 saturated heterocycles. The summed E-state index contributed by atoms with van der Waals surface area (Å²) in [5.74, 6) is 0. The second-order valence-electron chi connectivity index (χ2n) is 1.87. The van der Waals surface area contributed by atoms with Gasteiger partial charge in [0.15, 0.2) is 0 Å². The van der Waals surface area contributed by atoms with Crippen LogP contribution >= 0.6 is 0 Å². The molecule has 8 nitrogen and oxygen atoms in total. The molecule has 88 valence electrons. The standard InChI is InChI=1S/C4H12BO4.BH3O3.H3N/c1-6-5(7-2,8-3)9-4;2-1(3)4;/h1-4H3;2-4H;1H3/q-1;;. The van der Waals surface area contributed by atoms with Crippen molar-refractivity contribution in [2.75, 3.05) is 28.4 Å². The van der Waals surface area contributed by atoms with Crippen LogP contribution in [0.2, 0.25) is 0 Å². The first-order valence-corrected chi connectivity index (χ1v) is 3.35. The highest BCUT2D eigenvalue weighted by molar-refractivity contribution is 6.53. The Morgan fingerprint density at radius 2 is 0.929 bits per heavy atom. The zero-order chi connectivity index (χ0) is 10.9. The minimum absolute atomic E-state index is 0. The summed E-state index contributed by atoms with van der Waals surface area (Å²) in [6, 6.07) is 0. The van der Waals surface area contributed by atoms with Crippen LogP contribution in [-0.4, -0.2) is 57.8 Å². The van der Waals surface area contributed by atoms with Gasteiger partial charge in [-0.05, 0) is 28.4 Å². The van der Waals surface area contributed by atoms with E-state index in [1.165, 1.54) is 28.4 Å². The van der Waals surface area contributed by atoms with E-state index in [2.05, 4.69) is 0 Å². The van der Waals surface area contributed by atoms with Gasteiger partial charge in [-0.3, -0.25) is 0 Å². The number of hydrogen-bond acceptors (Lipinski definition) is 8. The molecule has 0 aliphatic rings. The third kappa shape index (κ3) is 9.89. The molecule has 0 aliphatic heterocycles. The van der Waals surface area contributed by atoms with Crippen LogP contribution in [0.1, 0.15) is 0 Å². The lowest BCUT2D eigenvalue weighted by Crippen LogP contribution is -2.45. The summed E-state index contributed by atoms with van der Waals surface area (Å²) in [4.78, 5) is 0. The van der Waals surface area contributed by atoms with Crippen molar-refractivity contribution < 1.29 is 33.7 Å². The van der Waals surface area contributed by atoms with E-state index >= 15 is 0 Å². The van der Waals surface area contributed by atoms with Crippen molar-refractivity contribution in [1.82, 2.24) is 6.15 Å². The van der Waals surface area contributed by atoms with Gasteiger partial charge in [0.2, 0.25) is 0 Å². The maximum atomic E-state index is 7.17. The van der Waals surface area contributed by atoms with E-state index in [0.29, 0.717) is 0 Å². The Hall–Kier alpha value is -0.190.